The molecular formula is C12H16O3. The fraction of sp³-hybridized carbons (Fsp3) is 0.417. The molecule has 0 aromatic heterocycles. The minimum Gasteiger partial charge on any atom is -0.494 e. The third kappa shape index (κ3) is 3.27. The van der Waals surface area contributed by atoms with Crippen LogP contribution in [-0.2, 0) is 17.6 Å². The van der Waals surface area contributed by atoms with Crippen molar-refractivity contribution < 1.29 is 14.6 Å². The second-order valence-corrected chi connectivity index (χ2v) is 3.29. The third-order valence-corrected chi connectivity index (χ3v) is 2.21. The van der Waals surface area contributed by atoms with E-state index >= 15 is 0 Å². The van der Waals surface area contributed by atoms with Gasteiger partial charge in [0.05, 0.1) is 13.0 Å². The van der Waals surface area contributed by atoms with E-state index in [0.717, 1.165) is 23.3 Å². The molecule has 0 heterocycles. The van der Waals surface area contributed by atoms with Crippen molar-refractivity contribution in [3.63, 3.8) is 0 Å². The van der Waals surface area contributed by atoms with Crippen molar-refractivity contribution in [3.05, 3.63) is 29.3 Å². The Morgan fingerprint density at radius 2 is 2.07 bits per heavy atom. The van der Waals surface area contributed by atoms with E-state index < -0.39 is 5.97 Å². The van der Waals surface area contributed by atoms with Gasteiger partial charge in [0.1, 0.15) is 5.75 Å². The Morgan fingerprint density at radius 1 is 1.33 bits per heavy atom. The highest BCUT2D eigenvalue weighted by atomic mass is 16.5. The number of ether oxygens (including phenoxy) is 1. The monoisotopic (exact) mass is 208 g/mol. The number of carboxylic acid groups (broad SMARTS) is 1. The molecule has 0 fully saturated rings. The Balaban J connectivity index is 2.92. The van der Waals surface area contributed by atoms with E-state index in [0.29, 0.717) is 6.61 Å². The summed E-state index contributed by atoms with van der Waals surface area (Å²) in [5.74, 6) is 0.0114. The molecular weight excluding hydrogens is 192 g/mol. The molecule has 0 saturated carbocycles. The summed E-state index contributed by atoms with van der Waals surface area (Å²) in [4.78, 5) is 10.6. The van der Waals surface area contributed by atoms with Crippen LogP contribution in [0.1, 0.15) is 25.0 Å². The lowest BCUT2D eigenvalue weighted by atomic mass is 10.0. The van der Waals surface area contributed by atoms with Crippen LogP contribution in [0, 0.1) is 0 Å². The van der Waals surface area contributed by atoms with Crippen LogP contribution in [0.5, 0.6) is 5.75 Å². The van der Waals surface area contributed by atoms with Gasteiger partial charge in [-0.3, -0.25) is 4.79 Å². The number of carbonyl (C=O) groups is 1. The summed E-state index contributed by atoms with van der Waals surface area (Å²) < 4.78 is 5.36. The largest absolute Gasteiger partial charge is 0.494 e. The van der Waals surface area contributed by atoms with Crippen LogP contribution in [0.25, 0.3) is 0 Å². The highest BCUT2D eigenvalue weighted by Gasteiger charge is 2.06. The van der Waals surface area contributed by atoms with Gasteiger partial charge >= 0.3 is 5.97 Å². The van der Waals surface area contributed by atoms with E-state index in [1.807, 2.05) is 32.0 Å². The second-order valence-electron chi connectivity index (χ2n) is 3.29. The Kier molecular flexibility index (Phi) is 4.16. The summed E-state index contributed by atoms with van der Waals surface area (Å²) in [6.45, 7) is 4.56. The summed E-state index contributed by atoms with van der Waals surface area (Å²) in [6.07, 6.45) is 0.902. The van der Waals surface area contributed by atoms with Gasteiger partial charge in [0.2, 0.25) is 0 Å². The SMILES string of the molecule is CCOc1ccc(CC(=O)O)c(CC)c1. The van der Waals surface area contributed by atoms with Gasteiger partial charge in [-0.25, -0.2) is 0 Å². The zero-order valence-electron chi connectivity index (χ0n) is 9.12. The normalized spacial score (nSPS) is 10.0. The molecule has 3 heteroatoms. The average Bonchev–Trinajstić information content (AvgIpc) is 2.20. The second kappa shape index (κ2) is 5.39. The molecule has 3 nitrogen and oxygen atoms in total. The number of rotatable bonds is 5. The van der Waals surface area contributed by atoms with Crippen LogP contribution in [0.15, 0.2) is 18.2 Å². The lowest BCUT2D eigenvalue weighted by Gasteiger charge is -2.09. The first kappa shape index (κ1) is 11.6. The van der Waals surface area contributed by atoms with E-state index in [9.17, 15) is 4.79 Å². The minimum absolute atomic E-state index is 0.0789. The van der Waals surface area contributed by atoms with Crippen LogP contribution in [-0.4, -0.2) is 17.7 Å². The summed E-state index contributed by atoms with van der Waals surface area (Å²) in [5.41, 5.74) is 1.91. The van der Waals surface area contributed by atoms with Crippen LogP contribution in [0.4, 0.5) is 0 Å². The number of hydrogen-bond acceptors (Lipinski definition) is 2. The fourth-order valence-electron chi connectivity index (χ4n) is 1.52. The molecule has 0 unspecified atom stereocenters. The van der Waals surface area contributed by atoms with E-state index in [-0.39, 0.29) is 6.42 Å². The van der Waals surface area contributed by atoms with Crippen LogP contribution in [0.2, 0.25) is 0 Å². The maximum absolute atomic E-state index is 10.6. The molecule has 0 radical (unpaired) electrons. The zero-order valence-corrected chi connectivity index (χ0v) is 9.12. The molecule has 82 valence electrons. The molecule has 0 bridgehead atoms. The average molecular weight is 208 g/mol. The first-order valence-electron chi connectivity index (χ1n) is 5.13. The maximum Gasteiger partial charge on any atom is 0.307 e. The van der Waals surface area contributed by atoms with Gasteiger partial charge in [-0.1, -0.05) is 13.0 Å². The summed E-state index contributed by atoms with van der Waals surface area (Å²) in [6, 6.07) is 5.57. The van der Waals surface area contributed by atoms with Gasteiger partial charge in [-0.05, 0) is 36.6 Å². The molecule has 0 spiro atoms. The van der Waals surface area contributed by atoms with Crippen molar-refractivity contribution in [2.24, 2.45) is 0 Å². The van der Waals surface area contributed by atoms with Crippen molar-refractivity contribution >= 4 is 5.97 Å². The quantitative estimate of drug-likeness (QED) is 0.807. The molecule has 1 aromatic carbocycles. The first-order valence-corrected chi connectivity index (χ1v) is 5.13. The summed E-state index contributed by atoms with van der Waals surface area (Å²) in [5, 5.41) is 8.73. The van der Waals surface area contributed by atoms with Gasteiger partial charge in [0.25, 0.3) is 0 Å². The molecule has 0 atom stereocenters. The minimum atomic E-state index is -0.797. The van der Waals surface area contributed by atoms with E-state index in [2.05, 4.69) is 0 Å². The first-order chi connectivity index (χ1) is 7.17. The van der Waals surface area contributed by atoms with E-state index in [1.165, 1.54) is 0 Å². The zero-order chi connectivity index (χ0) is 11.3. The third-order valence-electron chi connectivity index (χ3n) is 2.21. The number of aryl methyl sites for hydroxylation is 1. The fourth-order valence-corrected chi connectivity index (χ4v) is 1.52. The van der Waals surface area contributed by atoms with Crippen molar-refractivity contribution in [3.8, 4) is 5.75 Å². The number of aliphatic carboxylic acids is 1. The summed E-state index contributed by atoms with van der Waals surface area (Å²) >= 11 is 0. The van der Waals surface area contributed by atoms with Crippen LogP contribution in [0.3, 0.4) is 0 Å². The van der Waals surface area contributed by atoms with Gasteiger partial charge in [0, 0.05) is 0 Å². The van der Waals surface area contributed by atoms with E-state index in [4.69, 9.17) is 9.84 Å². The van der Waals surface area contributed by atoms with Gasteiger partial charge in [-0.2, -0.15) is 0 Å². The highest BCUT2D eigenvalue weighted by Crippen LogP contribution is 2.19. The number of carboxylic acids is 1. The smallest absolute Gasteiger partial charge is 0.307 e. The molecule has 0 aliphatic carbocycles. The van der Waals surface area contributed by atoms with Gasteiger partial charge in [0.15, 0.2) is 0 Å². The number of hydrogen-bond donors (Lipinski definition) is 1. The molecule has 0 aliphatic heterocycles. The number of benzene rings is 1. The Hall–Kier alpha value is -1.51. The van der Waals surface area contributed by atoms with Crippen molar-refractivity contribution in [1.29, 1.82) is 0 Å². The molecule has 0 saturated heterocycles. The maximum atomic E-state index is 10.6. The molecule has 1 aromatic rings. The molecule has 0 aliphatic rings. The molecule has 0 amide bonds. The lowest BCUT2D eigenvalue weighted by molar-refractivity contribution is -0.136. The Bertz CT molecular complexity index is 345. The summed E-state index contributed by atoms with van der Waals surface area (Å²) in [7, 11) is 0. The predicted octanol–water partition coefficient (Wildman–Crippen LogP) is 2.27. The van der Waals surface area contributed by atoms with Crippen LogP contribution >= 0.6 is 0 Å². The topological polar surface area (TPSA) is 46.5 Å². The molecule has 1 rings (SSSR count). The van der Waals surface area contributed by atoms with Gasteiger partial charge < -0.3 is 9.84 Å². The van der Waals surface area contributed by atoms with E-state index in [1.54, 1.807) is 0 Å². The van der Waals surface area contributed by atoms with Crippen molar-refractivity contribution in [2.45, 2.75) is 26.7 Å². The van der Waals surface area contributed by atoms with Gasteiger partial charge in [-0.15, -0.1) is 0 Å². The predicted molar refractivity (Wildman–Crippen MR) is 58.3 cm³/mol. The Labute approximate surface area is 89.7 Å². The molecule has 15 heavy (non-hydrogen) atoms. The highest BCUT2D eigenvalue weighted by molar-refractivity contribution is 5.70. The van der Waals surface area contributed by atoms with Crippen molar-refractivity contribution in [1.82, 2.24) is 0 Å². The lowest BCUT2D eigenvalue weighted by Crippen LogP contribution is -2.04. The van der Waals surface area contributed by atoms with Crippen molar-refractivity contribution in [2.75, 3.05) is 6.61 Å². The molecule has 1 N–H and O–H groups in total. The standard InChI is InChI=1S/C12H16O3/c1-3-9-7-11(15-4-2)6-5-10(9)8-12(13)14/h5-7H,3-4,8H2,1-2H3,(H,13,14). The van der Waals surface area contributed by atoms with Crippen LogP contribution < -0.4 is 4.74 Å². The Morgan fingerprint density at radius 3 is 2.60 bits per heavy atom.